The summed E-state index contributed by atoms with van der Waals surface area (Å²) in [5.41, 5.74) is 0. The molecule has 1 amide bonds. The molecule has 0 spiro atoms. The Bertz CT molecular complexity index is 392. The quantitative estimate of drug-likeness (QED) is 0.154. The standard InChI is InChI=1S/C26H53NO4/c1-3-5-7-9-10-11-12-13-14-15-17-18-20-23(26(31)24(29)22-28)27-25(30)21-19-16-8-6-4-2/h23-24,26,28-29,31H,3-22H2,1-2H3,(H,27,30)/t23-,24-,26-/m1/s1. The van der Waals surface area contributed by atoms with Crippen LogP contribution in [0.15, 0.2) is 0 Å². The average molecular weight is 444 g/mol. The highest BCUT2D eigenvalue weighted by atomic mass is 16.4. The lowest BCUT2D eigenvalue weighted by Crippen LogP contribution is -2.49. The lowest BCUT2D eigenvalue weighted by Gasteiger charge is -2.27. The van der Waals surface area contributed by atoms with Crippen LogP contribution in [-0.4, -0.2) is 46.1 Å². The average Bonchev–Trinajstić information content (AvgIpc) is 2.77. The highest BCUT2D eigenvalue weighted by Crippen LogP contribution is 2.15. The molecule has 3 atom stereocenters. The van der Waals surface area contributed by atoms with Crippen molar-refractivity contribution >= 4 is 5.91 Å². The third-order valence-electron chi connectivity index (χ3n) is 6.22. The van der Waals surface area contributed by atoms with Crippen molar-refractivity contribution in [1.82, 2.24) is 5.32 Å². The zero-order valence-corrected chi connectivity index (χ0v) is 20.6. The minimum atomic E-state index is -1.22. The summed E-state index contributed by atoms with van der Waals surface area (Å²) >= 11 is 0. The number of rotatable bonds is 23. The van der Waals surface area contributed by atoms with Crippen molar-refractivity contribution in [2.24, 2.45) is 0 Å². The van der Waals surface area contributed by atoms with Gasteiger partial charge < -0.3 is 20.6 Å². The van der Waals surface area contributed by atoms with Crippen molar-refractivity contribution in [3.63, 3.8) is 0 Å². The molecule has 0 aliphatic rings. The minimum Gasteiger partial charge on any atom is -0.394 e. The molecular formula is C26H53NO4. The number of carbonyl (C=O) groups excluding carboxylic acids is 1. The first-order chi connectivity index (χ1) is 15.1. The van der Waals surface area contributed by atoms with Gasteiger partial charge in [0.1, 0.15) is 12.2 Å². The summed E-state index contributed by atoms with van der Waals surface area (Å²) in [4.78, 5) is 12.3. The molecule has 0 aliphatic carbocycles. The Kier molecular flexibility index (Phi) is 22.1. The van der Waals surface area contributed by atoms with E-state index in [-0.39, 0.29) is 5.91 Å². The van der Waals surface area contributed by atoms with E-state index in [0.717, 1.165) is 32.1 Å². The molecule has 0 unspecified atom stereocenters. The van der Waals surface area contributed by atoms with E-state index in [0.29, 0.717) is 12.8 Å². The molecule has 0 aromatic rings. The van der Waals surface area contributed by atoms with Gasteiger partial charge in [-0.2, -0.15) is 0 Å². The van der Waals surface area contributed by atoms with E-state index in [4.69, 9.17) is 5.11 Å². The molecule has 0 aliphatic heterocycles. The number of amides is 1. The summed E-state index contributed by atoms with van der Waals surface area (Å²) in [6, 6.07) is -0.492. The van der Waals surface area contributed by atoms with Crippen LogP contribution in [0, 0.1) is 0 Å². The zero-order chi connectivity index (χ0) is 23.2. The Morgan fingerprint density at radius 3 is 1.55 bits per heavy atom. The number of aliphatic hydroxyl groups excluding tert-OH is 3. The number of unbranched alkanes of at least 4 members (excludes halogenated alkanes) is 15. The van der Waals surface area contributed by atoms with Crippen LogP contribution in [0.4, 0.5) is 0 Å². The summed E-state index contributed by atoms with van der Waals surface area (Å²) in [6.45, 7) is 3.92. The third kappa shape index (κ3) is 18.6. The number of hydrogen-bond donors (Lipinski definition) is 4. The predicted octanol–water partition coefficient (Wildman–Crippen LogP) is 5.64. The van der Waals surface area contributed by atoms with E-state index < -0.39 is 24.9 Å². The van der Waals surface area contributed by atoms with Gasteiger partial charge in [0, 0.05) is 6.42 Å². The van der Waals surface area contributed by atoms with Crippen LogP contribution in [0.1, 0.15) is 136 Å². The molecule has 0 saturated carbocycles. The van der Waals surface area contributed by atoms with Crippen LogP contribution in [0.25, 0.3) is 0 Å². The van der Waals surface area contributed by atoms with Gasteiger partial charge in [-0.25, -0.2) is 0 Å². The molecular weight excluding hydrogens is 390 g/mol. The second-order valence-corrected chi connectivity index (χ2v) is 9.26. The largest absolute Gasteiger partial charge is 0.394 e. The normalized spacial score (nSPS) is 14.4. The Balaban J connectivity index is 3.99. The maximum absolute atomic E-state index is 12.3. The Morgan fingerprint density at radius 1 is 0.677 bits per heavy atom. The van der Waals surface area contributed by atoms with Crippen LogP contribution in [0.2, 0.25) is 0 Å². The minimum absolute atomic E-state index is 0.0652. The van der Waals surface area contributed by atoms with Gasteiger partial charge in [0.15, 0.2) is 0 Å². The number of aliphatic hydroxyl groups is 3. The summed E-state index contributed by atoms with van der Waals surface area (Å²) in [6.07, 6.45) is 19.3. The molecule has 0 fully saturated rings. The lowest BCUT2D eigenvalue weighted by atomic mass is 9.98. The first kappa shape index (κ1) is 30.4. The highest BCUT2D eigenvalue weighted by Gasteiger charge is 2.26. The fourth-order valence-corrected chi connectivity index (χ4v) is 4.08. The van der Waals surface area contributed by atoms with E-state index >= 15 is 0 Å². The molecule has 0 bridgehead atoms. The monoisotopic (exact) mass is 443 g/mol. The number of carbonyl (C=O) groups is 1. The van der Waals surface area contributed by atoms with Gasteiger partial charge in [-0.1, -0.05) is 117 Å². The molecule has 0 aromatic carbocycles. The summed E-state index contributed by atoms with van der Waals surface area (Å²) in [5, 5.41) is 32.2. The molecule has 31 heavy (non-hydrogen) atoms. The van der Waals surface area contributed by atoms with Gasteiger partial charge in [-0.15, -0.1) is 0 Å². The van der Waals surface area contributed by atoms with E-state index in [9.17, 15) is 15.0 Å². The van der Waals surface area contributed by atoms with E-state index in [1.165, 1.54) is 77.0 Å². The van der Waals surface area contributed by atoms with Crippen LogP contribution in [-0.2, 0) is 4.79 Å². The van der Waals surface area contributed by atoms with E-state index in [1.807, 2.05) is 0 Å². The van der Waals surface area contributed by atoms with Crippen molar-refractivity contribution in [2.75, 3.05) is 6.61 Å². The predicted molar refractivity (Wildman–Crippen MR) is 130 cm³/mol. The maximum atomic E-state index is 12.3. The van der Waals surface area contributed by atoms with Crippen molar-refractivity contribution in [3.8, 4) is 0 Å². The van der Waals surface area contributed by atoms with Crippen molar-refractivity contribution < 1.29 is 20.1 Å². The Labute approximate surface area is 192 Å². The molecule has 0 rings (SSSR count). The first-order valence-electron chi connectivity index (χ1n) is 13.3. The van der Waals surface area contributed by atoms with Crippen molar-refractivity contribution in [1.29, 1.82) is 0 Å². The Morgan fingerprint density at radius 2 is 1.10 bits per heavy atom. The topological polar surface area (TPSA) is 89.8 Å². The van der Waals surface area contributed by atoms with E-state index in [2.05, 4.69) is 19.2 Å². The van der Waals surface area contributed by atoms with Crippen LogP contribution >= 0.6 is 0 Å². The van der Waals surface area contributed by atoms with Gasteiger partial charge >= 0.3 is 0 Å². The molecule has 0 saturated heterocycles. The molecule has 4 N–H and O–H groups in total. The van der Waals surface area contributed by atoms with Crippen molar-refractivity contribution in [3.05, 3.63) is 0 Å². The van der Waals surface area contributed by atoms with Gasteiger partial charge in [-0.05, 0) is 12.8 Å². The molecule has 0 radical (unpaired) electrons. The fourth-order valence-electron chi connectivity index (χ4n) is 4.08. The fraction of sp³-hybridized carbons (Fsp3) is 0.962. The van der Waals surface area contributed by atoms with Gasteiger partial charge in [0.05, 0.1) is 12.6 Å². The molecule has 5 nitrogen and oxygen atoms in total. The van der Waals surface area contributed by atoms with E-state index in [1.54, 1.807) is 0 Å². The molecule has 5 heteroatoms. The van der Waals surface area contributed by atoms with Crippen LogP contribution in [0.5, 0.6) is 0 Å². The summed E-state index contributed by atoms with van der Waals surface area (Å²) in [7, 11) is 0. The lowest BCUT2D eigenvalue weighted by molar-refractivity contribution is -0.124. The second kappa shape index (κ2) is 22.5. The molecule has 186 valence electrons. The zero-order valence-electron chi connectivity index (χ0n) is 20.6. The van der Waals surface area contributed by atoms with Crippen LogP contribution in [0.3, 0.4) is 0 Å². The third-order valence-corrected chi connectivity index (χ3v) is 6.22. The number of hydrogen-bond acceptors (Lipinski definition) is 4. The smallest absolute Gasteiger partial charge is 0.220 e. The number of nitrogens with one attached hydrogen (secondary N) is 1. The second-order valence-electron chi connectivity index (χ2n) is 9.26. The molecule has 0 aromatic heterocycles. The SMILES string of the molecule is CCCCCCCCCCCCCC[C@@H](NC(=O)CCCCCCC)[C@@H](O)[C@H](O)CO. The highest BCUT2D eigenvalue weighted by molar-refractivity contribution is 5.76. The molecule has 0 heterocycles. The van der Waals surface area contributed by atoms with Gasteiger partial charge in [0.2, 0.25) is 5.91 Å². The van der Waals surface area contributed by atoms with Gasteiger partial charge in [0.25, 0.3) is 0 Å². The first-order valence-corrected chi connectivity index (χ1v) is 13.3. The summed E-state index contributed by atoms with van der Waals surface area (Å²) < 4.78 is 0. The Hall–Kier alpha value is -0.650. The summed E-state index contributed by atoms with van der Waals surface area (Å²) in [5.74, 6) is -0.0652. The van der Waals surface area contributed by atoms with Crippen LogP contribution < -0.4 is 5.32 Å². The van der Waals surface area contributed by atoms with Crippen molar-refractivity contribution in [2.45, 2.75) is 154 Å². The van der Waals surface area contributed by atoms with Gasteiger partial charge in [-0.3, -0.25) is 4.79 Å². The maximum Gasteiger partial charge on any atom is 0.220 e.